The molecule has 0 N–H and O–H groups in total. The minimum absolute atomic E-state index is 0.0241. The maximum Gasteiger partial charge on any atom is 0.207 e. The summed E-state index contributed by atoms with van der Waals surface area (Å²) in [7, 11) is 0. The molecule has 0 spiro atoms. The van der Waals surface area contributed by atoms with Gasteiger partial charge in [0, 0.05) is 5.56 Å². The van der Waals surface area contributed by atoms with Crippen LogP contribution in [0.5, 0.6) is 0 Å². The number of benzene rings is 1. The first-order valence-electron chi connectivity index (χ1n) is 4.54. The molecule has 4 nitrogen and oxygen atoms in total. The normalized spacial score (nSPS) is 14.1. The number of hydrogen-bond donors (Lipinski definition) is 0. The molecule has 0 aliphatic heterocycles. The molecule has 0 radical (unpaired) electrons. The van der Waals surface area contributed by atoms with Crippen molar-refractivity contribution in [2.24, 2.45) is 0 Å². The zero-order valence-corrected chi connectivity index (χ0v) is 9.08. The number of Topliss-reactive ketones (excluding diaryl/α,β-unsaturated/α-hetero) is 2. The molecule has 0 fully saturated rings. The molecule has 0 unspecified atom stereocenters. The predicted molar refractivity (Wildman–Crippen MR) is 58.3 cm³/mol. The van der Waals surface area contributed by atoms with E-state index in [1.54, 1.807) is 6.07 Å². The van der Waals surface area contributed by atoms with E-state index in [1.807, 2.05) is 6.07 Å². The molecule has 0 saturated heterocycles. The van der Waals surface area contributed by atoms with Crippen molar-refractivity contribution in [3.8, 4) is 12.1 Å². The van der Waals surface area contributed by atoms with Gasteiger partial charge in [-0.15, -0.1) is 0 Å². The first kappa shape index (κ1) is 11.1. The summed E-state index contributed by atoms with van der Waals surface area (Å²) in [5.41, 5.74) is -0.269. The second-order valence-corrected chi connectivity index (χ2v) is 3.68. The fraction of sp³-hybridized carbons (Fsp3) is 0. The lowest BCUT2D eigenvalue weighted by Crippen LogP contribution is -2.20. The Balaban J connectivity index is 2.84. The lowest BCUT2D eigenvalue weighted by atomic mass is 9.87. The topological polar surface area (TPSA) is 81.7 Å². The van der Waals surface area contributed by atoms with Crippen molar-refractivity contribution in [2.75, 3.05) is 0 Å². The fourth-order valence-corrected chi connectivity index (χ4v) is 1.86. The van der Waals surface area contributed by atoms with Crippen molar-refractivity contribution in [1.82, 2.24) is 0 Å². The van der Waals surface area contributed by atoms with Gasteiger partial charge in [0.25, 0.3) is 0 Å². The third-order valence-corrected chi connectivity index (χ3v) is 2.77. The Kier molecular flexibility index (Phi) is 2.51. The SMILES string of the molecule is N#CC1=C(Cl)C(=O)c2c(C#N)cccc2C1=O. The van der Waals surface area contributed by atoms with Crippen molar-refractivity contribution in [2.45, 2.75) is 0 Å². The number of rotatable bonds is 0. The fourth-order valence-electron chi connectivity index (χ4n) is 1.64. The summed E-state index contributed by atoms with van der Waals surface area (Å²) in [4.78, 5) is 23.7. The summed E-state index contributed by atoms with van der Waals surface area (Å²) >= 11 is 5.66. The molecule has 0 amide bonds. The number of hydrogen-bond acceptors (Lipinski definition) is 4. The van der Waals surface area contributed by atoms with Crippen molar-refractivity contribution < 1.29 is 9.59 Å². The number of carbonyl (C=O) groups is 2. The molecule has 80 valence electrons. The van der Waals surface area contributed by atoms with Crippen LogP contribution in [0, 0.1) is 22.7 Å². The Labute approximate surface area is 101 Å². The minimum Gasteiger partial charge on any atom is -0.288 e. The Hall–Kier alpha value is -2.43. The quantitative estimate of drug-likeness (QED) is 0.696. The van der Waals surface area contributed by atoms with Crippen LogP contribution in [-0.2, 0) is 0 Å². The van der Waals surface area contributed by atoms with Crippen LogP contribution in [0.15, 0.2) is 28.8 Å². The second kappa shape index (κ2) is 3.86. The van der Waals surface area contributed by atoms with Gasteiger partial charge in [-0.2, -0.15) is 10.5 Å². The van der Waals surface area contributed by atoms with Crippen LogP contribution in [0.3, 0.4) is 0 Å². The van der Waals surface area contributed by atoms with Gasteiger partial charge in [-0.05, 0) is 6.07 Å². The lowest BCUT2D eigenvalue weighted by Gasteiger charge is -2.14. The second-order valence-electron chi connectivity index (χ2n) is 3.30. The summed E-state index contributed by atoms with van der Waals surface area (Å²) in [6.07, 6.45) is 0. The Morgan fingerprint density at radius 1 is 1.06 bits per heavy atom. The van der Waals surface area contributed by atoms with Crippen LogP contribution >= 0.6 is 11.6 Å². The molecule has 0 heterocycles. The molecule has 0 saturated carbocycles. The summed E-state index contributed by atoms with van der Waals surface area (Å²) in [6, 6.07) is 7.73. The molecular weight excluding hydrogens is 240 g/mol. The van der Waals surface area contributed by atoms with E-state index in [1.165, 1.54) is 18.2 Å². The van der Waals surface area contributed by atoms with Crippen LogP contribution in [0.2, 0.25) is 0 Å². The summed E-state index contributed by atoms with van der Waals surface area (Å²) in [6.45, 7) is 0. The lowest BCUT2D eigenvalue weighted by molar-refractivity contribution is 0.0984. The highest BCUT2D eigenvalue weighted by molar-refractivity contribution is 6.50. The van der Waals surface area contributed by atoms with Crippen LogP contribution in [0.25, 0.3) is 0 Å². The van der Waals surface area contributed by atoms with Gasteiger partial charge in [-0.3, -0.25) is 9.59 Å². The number of nitrogens with zero attached hydrogens (tertiary/aromatic N) is 2. The largest absolute Gasteiger partial charge is 0.288 e. The van der Waals surface area contributed by atoms with E-state index < -0.39 is 16.6 Å². The number of halogens is 1. The monoisotopic (exact) mass is 242 g/mol. The highest BCUT2D eigenvalue weighted by Gasteiger charge is 2.33. The van der Waals surface area contributed by atoms with E-state index in [2.05, 4.69) is 0 Å². The van der Waals surface area contributed by atoms with Crippen molar-refractivity contribution in [1.29, 1.82) is 10.5 Å². The first-order chi connectivity index (χ1) is 8.11. The Morgan fingerprint density at radius 2 is 1.76 bits per heavy atom. The van der Waals surface area contributed by atoms with Gasteiger partial charge in [0.05, 0.1) is 17.2 Å². The Bertz CT molecular complexity index is 675. The van der Waals surface area contributed by atoms with Gasteiger partial charge in [0.15, 0.2) is 0 Å². The Morgan fingerprint density at radius 3 is 2.35 bits per heavy atom. The summed E-state index contributed by atoms with van der Waals surface area (Å²) < 4.78 is 0. The van der Waals surface area contributed by atoms with Crippen molar-refractivity contribution in [3.63, 3.8) is 0 Å². The van der Waals surface area contributed by atoms with Gasteiger partial charge in [0.2, 0.25) is 11.6 Å². The molecule has 1 aliphatic carbocycles. The molecule has 1 aromatic rings. The zero-order valence-electron chi connectivity index (χ0n) is 8.32. The van der Waals surface area contributed by atoms with Gasteiger partial charge in [0.1, 0.15) is 16.7 Å². The molecular formula is C12H3ClN2O2. The summed E-state index contributed by atoms with van der Waals surface area (Å²) in [5.74, 6) is -1.28. The number of nitriles is 2. The van der Waals surface area contributed by atoms with Crippen LogP contribution in [0.4, 0.5) is 0 Å². The molecule has 1 aromatic carbocycles. The average Bonchev–Trinajstić information content (AvgIpc) is 2.36. The van der Waals surface area contributed by atoms with E-state index in [0.717, 1.165) is 0 Å². The van der Waals surface area contributed by atoms with Gasteiger partial charge < -0.3 is 0 Å². The predicted octanol–water partition coefficient (Wildman–Crippen LogP) is 1.95. The number of fused-ring (bicyclic) bond motifs is 1. The molecule has 0 atom stereocenters. The number of allylic oxidation sites excluding steroid dienone is 2. The van der Waals surface area contributed by atoms with Gasteiger partial charge in [-0.25, -0.2) is 0 Å². The first-order valence-corrected chi connectivity index (χ1v) is 4.92. The van der Waals surface area contributed by atoms with E-state index >= 15 is 0 Å². The van der Waals surface area contributed by atoms with E-state index in [0.29, 0.717) is 0 Å². The van der Waals surface area contributed by atoms with Crippen LogP contribution in [0.1, 0.15) is 26.3 Å². The molecule has 0 bridgehead atoms. The average molecular weight is 243 g/mol. The maximum absolute atomic E-state index is 11.9. The highest BCUT2D eigenvalue weighted by Crippen LogP contribution is 2.30. The highest BCUT2D eigenvalue weighted by atomic mass is 35.5. The minimum atomic E-state index is -0.657. The standard InChI is InChI=1S/C12H3ClN2O2/c13-10-8(5-15)11(16)7-3-1-2-6(4-14)9(7)12(10)17/h1-3H. The third-order valence-electron chi connectivity index (χ3n) is 2.41. The number of carbonyl (C=O) groups excluding carboxylic acids is 2. The number of ketones is 2. The van der Waals surface area contributed by atoms with Crippen molar-refractivity contribution >= 4 is 23.2 Å². The molecule has 2 rings (SSSR count). The molecule has 0 aromatic heterocycles. The molecule has 17 heavy (non-hydrogen) atoms. The van der Waals surface area contributed by atoms with E-state index in [9.17, 15) is 9.59 Å². The zero-order chi connectivity index (χ0) is 12.6. The molecule has 1 aliphatic rings. The van der Waals surface area contributed by atoms with E-state index in [4.69, 9.17) is 22.1 Å². The smallest absolute Gasteiger partial charge is 0.207 e. The van der Waals surface area contributed by atoms with Crippen LogP contribution in [-0.4, -0.2) is 11.6 Å². The van der Waals surface area contributed by atoms with E-state index in [-0.39, 0.29) is 22.3 Å². The van der Waals surface area contributed by atoms with Gasteiger partial charge >= 0.3 is 0 Å². The van der Waals surface area contributed by atoms with Crippen molar-refractivity contribution in [3.05, 3.63) is 45.5 Å². The maximum atomic E-state index is 11.9. The van der Waals surface area contributed by atoms with Gasteiger partial charge in [-0.1, -0.05) is 23.7 Å². The summed E-state index contributed by atoms with van der Waals surface area (Å²) in [5, 5.41) is 17.2. The molecule has 5 heteroatoms. The third kappa shape index (κ3) is 1.44. The van der Waals surface area contributed by atoms with Crippen LogP contribution < -0.4 is 0 Å².